The fourth-order valence-corrected chi connectivity index (χ4v) is 5.19. The van der Waals surface area contributed by atoms with Crippen molar-refractivity contribution in [2.75, 3.05) is 10.6 Å². The van der Waals surface area contributed by atoms with Crippen LogP contribution in [0, 0.1) is 25.2 Å². The number of anilines is 3. The Morgan fingerprint density at radius 2 is 1.72 bits per heavy atom. The molecule has 0 bridgehead atoms. The molecule has 0 saturated carbocycles. The van der Waals surface area contributed by atoms with Gasteiger partial charge in [0, 0.05) is 18.2 Å². The molecule has 2 aromatic heterocycles. The minimum Gasteiger partial charge on any atom is -0.345 e. The maximum atomic E-state index is 13.5. The number of nitriles is 1. The summed E-state index contributed by atoms with van der Waals surface area (Å²) < 4.78 is 0. The van der Waals surface area contributed by atoms with E-state index in [1.54, 1.807) is 6.92 Å². The van der Waals surface area contributed by atoms with Crippen LogP contribution in [0.5, 0.6) is 0 Å². The van der Waals surface area contributed by atoms with Crippen LogP contribution < -0.4 is 10.6 Å². The quantitative estimate of drug-likeness (QED) is 0.195. The normalized spacial score (nSPS) is 11.7. The van der Waals surface area contributed by atoms with Gasteiger partial charge in [-0.25, -0.2) is 0 Å². The van der Waals surface area contributed by atoms with Crippen LogP contribution in [-0.2, 0) is 4.79 Å². The second-order valence-corrected chi connectivity index (χ2v) is 9.84. The molecule has 2 aromatic carbocycles. The third kappa shape index (κ3) is 5.68. The van der Waals surface area contributed by atoms with E-state index in [1.165, 1.54) is 18.3 Å². The number of carbonyl (C=O) groups excluding carboxylic acids is 2. The number of amides is 1. The lowest BCUT2D eigenvalue weighted by Crippen LogP contribution is -2.10. The Labute approximate surface area is 215 Å². The molecule has 0 aliphatic heterocycles. The van der Waals surface area contributed by atoms with Crippen LogP contribution in [-0.4, -0.2) is 21.9 Å². The second kappa shape index (κ2) is 11.0. The van der Waals surface area contributed by atoms with Crippen molar-refractivity contribution >= 4 is 61.6 Å². The summed E-state index contributed by atoms with van der Waals surface area (Å²) in [4.78, 5) is 25.2. The summed E-state index contributed by atoms with van der Waals surface area (Å²) in [5, 5.41) is 33.4. The van der Waals surface area contributed by atoms with Gasteiger partial charge in [0.1, 0.15) is 15.7 Å². The molecule has 1 atom stereocenters. The van der Waals surface area contributed by atoms with Crippen LogP contribution in [0.25, 0.3) is 0 Å². The van der Waals surface area contributed by atoms with Gasteiger partial charge in [-0.3, -0.25) is 9.59 Å². The summed E-state index contributed by atoms with van der Waals surface area (Å²) in [6.45, 7) is 5.12. The van der Waals surface area contributed by atoms with Crippen molar-refractivity contribution in [1.82, 2.24) is 10.2 Å². The molecule has 180 valence electrons. The predicted molar refractivity (Wildman–Crippen MR) is 141 cm³/mol. The molecule has 2 N–H and O–H groups in total. The first-order chi connectivity index (χ1) is 17.4. The van der Waals surface area contributed by atoms with E-state index in [-0.39, 0.29) is 16.0 Å². The number of nitrogens with zero attached hydrogens (tertiary/aromatic N) is 5. The number of hydrogen-bond acceptors (Lipinski definition) is 10. The highest BCUT2D eigenvalue weighted by molar-refractivity contribution is 7.19. The monoisotopic (exact) mass is 515 g/mol. The number of nitrogens with one attached hydrogen (secondary N) is 2. The van der Waals surface area contributed by atoms with Gasteiger partial charge in [0.2, 0.25) is 11.0 Å². The van der Waals surface area contributed by atoms with E-state index in [4.69, 9.17) is 0 Å². The number of aromatic nitrogens is 2. The Bertz CT molecular complexity index is 1470. The molecule has 4 aromatic rings. The first-order valence-corrected chi connectivity index (χ1v) is 12.5. The molecule has 0 saturated heterocycles. The number of thiophene rings is 1. The fraction of sp³-hybridized carbons (Fsp3) is 0.160. The van der Waals surface area contributed by atoms with Crippen LogP contribution >= 0.6 is 22.7 Å². The Balaban J connectivity index is 1.71. The SMILES string of the molecule is CC(=O)Nc1nnc(C(C#N)C(=O)c2sc(Nc3ccccc3)c(N=Nc3ccc(C)cc3)c2C)s1. The van der Waals surface area contributed by atoms with Gasteiger partial charge in [0.05, 0.1) is 16.6 Å². The molecule has 0 spiro atoms. The third-order valence-corrected chi connectivity index (χ3v) is 7.15. The van der Waals surface area contributed by atoms with Gasteiger partial charge in [-0.15, -0.1) is 26.6 Å². The summed E-state index contributed by atoms with van der Waals surface area (Å²) in [6, 6.07) is 19.2. The van der Waals surface area contributed by atoms with Crippen molar-refractivity contribution in [3.8, 4) is 6.07 Å². The maximum Gasteiger partial charge on any atom is 0.223 e. The number of aryl methyl sites for hydroxylation is 1. The molecule has 1 amide bonds. The van der Waals surface area contributed by atoms with E-state index >= 15 is 0 Å². The number of azo groups is 1. The lowest BCUT2D eigenvalue weighted by atomic mass is 10.0. The van der Waals surface area contributed by atoms with Crippen LogP contribution in [0.1, 0.15) is 38.6 Å². The van der Waals surface area contributed by atoms with E-state index in [1.807, 2.05) is 67.6 Å². The number of carbonyl (C=O) groups is 2. The fourth-order valence-electron chi connectivity index (χ4n) is 3.23. The number of Topliss-reactive ketones (excluding diaryl/α,β-unsaturated/α-hetero) is 1. The zero-order valence-corrected chi connectivity index (χ0v) is 21.3. The zero-order valence-electron chi connectivity index (χ0n) is 19.6. The summed E-state index contributed by atoms with van der Waals surface area (Å²) in [6.07, 6.45) is 0. The number of rotatable bonds is 8. The van der Waals surface area contributed by atoms with Gasteiger partial charge in [0.25, 0.3) is 0 Å². The molecule has 0 aliphatic rings. The van der Waals surface area contributed by atoms with E-state index in [0.717, 1.165) is 22.6 Å². The average molecular weight is 516 g/mol. The Kier molecular flexibility index (Phi) is 7.58. The second-order valence-electron chi connectivity index (χ2n) is 7.81. The minimum absolute atomic E-state index is 0.208. The average Bonchev–Trinajstić information content (AvgIpc) is 3.43. The molecule has 9 nitrogen and oxygen atoms in total. The topological polar surface area (TPSA) is 132 Å². The van der Waals surface area contributed by atoms with Gasteiger partial charge in [0.15, 0.2) is 11.7 Å². The summed E-state index contributed by atoms with van der Waals surface area (Å²) in [7, 11) is 0. The highest BCUT2D eigenvalue weighted by Gasteiger charge is 2.30. The third-order valence-electron chi connectivity index (χ3n) is 5.03. The summed E-state index contributed by atoms with van der Waals surface area (Å²) in [5.41, 5.74) is 3.73. The van der Waals surface area contributed by atoms with E-state index in [2.05, 4.69) is 31.1 Å². The molecule has 0 aliphatic carbocycles. The molecule has 4 rings (SSSR count). The largest absolute Gasteiger partial charge is 0.345 e. The van der Waals surface area contributed by atoms with Gasteiger partial charge in [-0.05, 0) is 38.1 Å². The first-order valence-electron chi connectivity index (χ1n) is 10.8. The van der Waals surface area contributed by atoms with Gasteiger partial charge in [-0.1, -0.05) is 47.2 Å². The molecule has 1 unspecified atom stereocenters. The van der Waals surface area contributed by atoms with Gasteiger partial charge >= 0.3 is 0 Å². The maximum absolute atomic E-state index is 13.5. The van der Waals surface area contributed by atoms with Crippen molar-refractivity contribution in [1.29, 1.82) is 5.26 Å². The zero-order chi connectivity index (χ0) is 25.7. The van der Waals surface area contributed by atoms with E-state index in [9.17, 15) is 14.9 Å². The lowest BCUT2D eigenvalue weighted by Gasteiger charge is -2.04. The minimum atomic E-state index is -1.17. The molecule has 36 heavy (non-hydrogen) atoms. The summed E-state index contributed by atoms with van der Waals surface area (Å²) >= 11 is 2.20. The van der Waals surface area contributed by atoms with Crippen LogP contribution in [0.3, 0.4) is 0 Å². The van der Waals surface area contributed by atoms with Gasteiger partial charge < -0.3 is 10.6 Å². The number of benzene rings is 2. The van der Waals surface area contributed by atoms with Crippen molar-refractivity contribution in [2.45, 2.75) is 26.7 Å². The highest BCUT2D eigenvalue weighted by atomic mass is 32.1. The molecule has 2 heterocycles. The number of ketones is 1. The lowest BCUT2D eigenvalue weighted by molar-refractivity contribution is -0.114. The van der Waals surface area contributed by atoms with Crippen molar-refractivity contribution < 1.29 is 9.59 Å². The van der Waals surface area contributed by atoms with Crippen LogP contribution in [0.2, 0.25) is 0 Å². The van der Waals surface area contributed by atoms with Crippen LogP contribution in [0.15, 0.2) is 64.8 Å². The van der Waals surface area contributed by atoms with E-state index in [0.29, 0.717) is 26.8 Å². The number of para-hydroxylation sites is 1. The molecular formula is C25H21N7O2S2. The molecular weight excluding hydrogens is 494 g/mol. The standard InChI is InChI=1S/C25H21N7O2S2/c1-14-9-11-18(12-10-14)29-30-20-15(2)22(35-24(20)28-17-7-5-4-6-8-17)21(34)19(13-26)23-31-32-25(36-23)27-16(3)33/h4-12,19,28H,1-3H3,(H,27,32,33). The Morgan fingerprint density at radius 1 is 1.00 bits per heavy atom. The molecule has 11 heteroatoms. The Morgan fingerprint density at radius 3 is 2.39 bits per heavy atom. The Hall–Kier alpha value is -4.27. The molecule has 0 radical (unpaired) electrons. The number of hydrogen-bond donors (Lipinski definition) is 2. The predicted octanol–water partition coefficient (Wildman–Crippen LogP) is 6.82. The van der Waals surface area contributed by atoms with E-state index < -0.39 is 11.7 Å². The smallest absolute Gasteiger partial charge is 0.223 e. The van der Waals surface area contributed by atoms with Crippen LogP contribution in [0.4, 0.5) is 27.2 Å². The van der Waals surface area contributed by atoms with Crippen molar-refractivity contribution in [3.05, 3.63) is 75.6 Å². The highest BCUT2D eigenvalue weighted by Crippen LogP contribution is 2.44. The van der Waals surface area contributed by atoms with Crippen molar-refractivity contribution in [3.63, 3.8) is 0 Å². The first kappa shape index (κ1) is 24.8. The van der Waals surface area contributed by atoms with Gasteiger partial charge in [-0.2, -0.15) is 10.4 Å². The summed E-state index contributed by atoms with van der Waals surface area (Å²) in [5.74, 6) is -1.90. The van der Waals surface area contributed by atoms with Crippen molar-refractivity contribution in [2.24, 2.45) is 10.2 Å². The molecule has 0 fully saturated rings.